The molecule has 6 nitrogen and oxygen atoms in total. The van der Waals surface area contributed by atoms with Crippen molar-refractivity contribution in [1.29, 1.82) is 0 Å². The third kappa shape index (κ3) is 5.43. The Morgan fingerprint density at radius 2 is 2.03 bits per heavy atom. The Balaban J connectivity index is 1.76. The zero-order valence-corrected chi connectivity index (χ0v) is 19.5. The zero-order valence-electron chi connectivity index (χ0n) is 17.1. The standard InChI is InChI=1S/C22H24BrN3O3S/c1-14(2)12-26-21(28)17-10-16(23)8-9-18(17)25-22(26)30-13-20(27)24-11-15-6-4-5-7-19(15)29-3/h4-10,14H,11-13H2,1-3H3,(H,24,27). The molecule has 2 aromatic carbocycles. The Bertz CT molecular complexity index is 1110. The first-order chi connectivity index (χ1) is 14.4. The van der Waals surface area contributed by atoms with E-state index in [-0.39, 0.29) is 23.1 Å². The molecule has 0 unspecified atom stereocenters. The molecule has 3 rings (SSSR count). The van der Waals surface area contributed by atoms with Crippen molar-refractivity contribution in [3.63, 3.8) is 0 Å². The Hall–Kier alpha value is -2.32. The highest BCUT2D eigenvalue weighted by Gasteiger charge is 2.15. The summed E-state index contributed by atoms with van der Waals surface area (Å²) in [4.78, 5) is 30.1. The first-order valence-corrected chi connectivity index (χ1v) is 11.4. The van der Waals surface area contributed by atoms with Gasteiger partial charge in [0.25, 0.3) is 5.56 Å². The summed E-state index contributed by atoms with van der Waals surface area (Å²) in [6.45, 7) is 5.01. The van der Waals surface area contributed by atoms with Crippen molar-refractivity contribution < 1.29 is 9.53 Å². The molecule has 0 bridgehead atoms. The Morgan fingerprint density at radius 1 is 1.27 bits per heavy atom. The minimum atomic E-state index is -0.132. The number of hydrogen-bond acceptors (Lipinski definition) is 5. The van der Waals surface area contributed by atoms with Gasteiger partial charge in [0.1, 0.15) is 5.75 Å². The van der Waals surface area contributed by atoms with Crippen LogP contribution in [-0.4, -0.2) is 28.3 Å². The number of ether oxygens (including phenoxy) is 1. The summed E-state index contributed by atoms with van der Waals surface area (Å²) in [6.07, 6.45) is 0. The molecule has 0 saturated heterocycles. The van der Waals surface area contributed by atoms with Crippen LogP contribution in [0.1, 0.15) is 19.4 Å². The second kappa shape index (κ2) is 10.1. The lowest BCUT2D eigenvalue weighted by molar-refractivity contribution is -0.118. The lowest BCUT2D eigenvalue weighted by atomic mass is 10.2. The van der Waals surface area contributed by atoms with Crippen LogP contribution in [0.15, 0.2) is 56.9 Å². The van der Waals surface area contributed by atoms with Gasteiger partial charge in [-0.2, -0.15) is 0 Å². The number of para-hydroxylation sites is 1. The third-order valence-corrected chi connectivity index (χ3v) is 5.90. The van der Waals surface area contributed by atoms with E-state index in [1.54, 1.807) is 17.7 Å². The van der Waals surface area contributed by atoms with E-state index in [4.69, 9.17) is 4.74 Å². The first kappa shape index (κ1) is 22.4. The van der Waals surface area contributed by atoms with Gasteiger partial charge in [0, 0.05) is 23.1 Å². The van der Waals surface area contributed by atoms with Gasteiger partial charge in [-0.1, -0.05) is 59.7 Å². The van der Waals surface area contributed by atoms with Crippen LogP contribution < -0.4 is 15.6 Å². The monoisotopic (exact) mass is 489 g/mol. The van der Waals surface area contributed by atoms with Crippen molar-refractivity contribution in [2.45, 2.75) is 32.1 Å². The molecule has 1 aromatic heterocycles. The topological polar surface area (TPSA) is 73.2 Å². The van der Waals surface area contributed by atoms with Gasteiger partial charge in [-0.25, -0.2) is 4.98 Å². The molecule has 158 valence electrons. The second-order valence-corrected chi connectivity index (χ2v) is 9.10. The number of nitrogens with one attached hydrogen (secondary N) is 1. The van der Waals surface area contributed by atoms with Crippen molar-refractivity contribution in [2.24, 2.45) is 5.92 Å². The smallest absolute Gasteiger partial charge is 0.262 e. The van der Waals surface area contributed by atoms with Crippen LogP contribution in [-0.2, 0) is 17.9 Å². The molecule has 0 aliphatic carbocycles. The maximum atomic E-state index is 13.0. The van der Waals surface area contributed by atoms with Crippen molar-refractivity contribution >= 4 is 44.5 Å². The summed E-state index contributed by atoms with van der Waals surface area (Å²) in [5, 5.41) is 4.02. The summed E-state index contributed by atoms with van der Waals surface area (Å²) in [5.74, 6) is 1.04. The van der Waals surface area contributed by atoms with Crippen molar-refractivity contribution in [2.75, 3.05) is 12.9 Å². The van der Waals surface area contributed by atoms with Gasteiger partial charge < -0.3 is 10.1 Å². The van der Waals surface area contributed by atoms with Crippen LogP contribution in [0.4, 0.5) is 0 Å². The van der Waals surface area contributed by atoms with Crippen LogP contribution >= 0.6 is 27.7 Å². The van der Waals surface area contributed by atoms with E-state index < -0.39 is 0 Å². The quantitative estimate of drug-likeness (QED) is 0.378. The van der Waals surface area contributed by atoms with E-state index in [0.29, 0.717) is 29.1 Å². The summed E-state index contributed by atoms with van der Waals surface area (Å²) < 4.78 is 7.81. The van der Waals surface area contributed by atoms with Gasteiger partial charge >= 0.3 is 0 Å². The molecule has 0 aliphatic rings. The highest BCUT2D eigenvalue weighted by Crippen LogP contribution is 2.22. The van der Waals surface area contributed by atoms with Gasteiger partial charge in [-0.15, -0.1) is 0 Å². The number of carbonyl (C=O) groups excluding carboxylic acids is 1. The van der Waals surface area contributed by atoms with E-state index in [1.807, 2.05) is 50.2 Å². The Labute approximate surface area is 188 Å². The van der Waals surface area contributed by atoms with Crippen LogP contribution in [0.3, 0.4) is 0 Å². The summed E-state index contributed by atoms with van der Waals surface area (Å²) in [6, 6.07) is 13.0. The summed E-state index contributed by atoms with van der Waals surface area (Å²) in [7, 11) is 1.61. The maximum Gasteiger partial charge on any atom is 0.262 e. The normalized spacial score (nSPS) is 11.1. The van der Waals surface area contributed by atoms with Crippen LogP contribution in [0, 0.1) is 5.92 Å². The van der Waals surface area contributed by atoms with Crippen molar-refractivity contribution in [1.82, 2.24) is 14.9 Å². The Morgan fingerprint density at radius 3 is 2.77 bits per heavy atom. The molecule has 3 aromatic rings. The van der Waals surface area contributed by atoms with Crippen LogP contribution in [0.5, 0.6) is 5.75 Å². The van der Waals surface area contributed by atoms with Gasteiger partial charge in [0.05, 0.1) is 23.8 Å². The average Bonchev–Trinajstić information content (AvgIpc) is 2.73. The number of nitrogens with zero attached hydrogens (tertiary/aromatic N) is 2. The molecule has 0 radical (unpaired) electrons. The highest BCUT2D eigenvalue weighted by atomic mass is 79.9. The molecule has 0 spiro atoms. The number of hydrogen-bond donors (Lipinski definition) is 1. The van der Waals surface area contributed by atoms with Gasteiger partial charge in [0.2, 0.25) is 5.91 Å². The Kier molecular flexibility index (Phi) is 7.55. The zero-order chi connectivity index (χ0) is 21.7. The fourth-order valence-corrected chi connectivity index (χ4v) is 4.23. The number of aromatic nitrogens is 2. The van der Waals surface area contributed by atoms with E-state index >= 15 is 0 Å². The predicted octanol–water partition coefficient (Wildman–Crippen LogP) is 4.23. The van der Waals surface area contributed by atoms with Gasteiger partial charge in [0.15, 0.2) is 5.16 Å². The molecule has 0 aliphatic heterocycles. The molecular formula is C22H24BrN3O3S. The van der Waals surface area contributed by atoms with E-state index in [0.717, 1.165) is 15.8 Å². The molecule has 8 heteroatoms. The minimum Gasteiger partial charge on any atom is -0.496 e. The fourth-order valence-electron chi connectivity index (χ4n) is 3.03. The number of rotatable bonds is 8. The lowest BCUT2D eigenvalue weighted by Gasteiger charge is -2.15. The first-order valence-electron chi connectivity index (χ1n) is 9.60. The SMILES string of the molecule is COc1ccccc1CNC(=O)CSc1nc2ccc(Br)cc2c(=O)n1CC(C)C. The largest absolute Gasteiger partial charge is 0.496 e. The number of methoxy groups -OCH3 is 1. The highest BCUT2D eigenvalue weighted by molar-refractivity contribution is 9.10. The molecule has 0 fully saturated rings. The van der Waals surface area contributed by atoms with Gasteiger partial charge in [-0.05, 0) is 30.2 Å². The lowest BCUT2D eigenvalue weighted by Crippen LogP contribution is -2.28. The van der Waals surface area contributed by atoms with Crippen molar-refractivity contribution in [3.05, 3.63) is 62.9 Å². The molecular weight excluding hydrogens is 466 g/mol. The number of thioether (sulfide) groups is 1. The van der Waals surface area contributed by atoms with Crippen LogP contribution in [0.2, 0.25) is 0 Å². The van der Waals surface area contributed by atoms with Gasteiger partial charge in [-0.3, -0.25) is 14.2 Å². The van der Waals surface area contributed by atoms with Crippen LogP contribution in [0.25, 0.3) is 10.9 Å². The van der Waals surface area contributed by atoms with E-state index in [9.17, 15) is 9.59 Å². The number of halogens is 1. The maximum absolute atomic E-state index is 13.0. The number of fused-ring (bicyclic) bond motifs is 1. The molecule has 1 amide bonds. The average molecular weight is 490 g/mol. The molecule has 1 heterocycles. The van der Waals surface area contributed by atoms with E-state index in [2.05, 4.69) is 26.2 Å². The summed E-state index contributed by atoms with van der Waals surface area (Å²) >= 11 is 4.69. The number of amides is 1. The van der Waals surface area contributed by atoms with E-state index in [1.165, 1.54) is 11.8 Å². The second-order valence-electron chi connectivity index (χ2n) is 7.24. The third-order valence-electron chi connectivity index (χ3n) is 4.43. The molecule has 1 N–H and O–H groups in total. The fraction of sp³-hybridized carbons (Fsp3) is 0.318. The summed E-state index contributed by atoms with van der Waals surface area (Å²) in [5.41, 5.74) is 1.44. The van der Waals surface area contributed by atoms with Crippen molar-refractivity contribution in [3.8, 4) is 5.75 Å². The molecule has 0 atom stereocenters. The predicted molar refractivity (Wildman–Crippen MR) is 124 cm³/mol. The number of carbonyl (C=O) groups is 1. The minimum absolute atomic E-state index is 0.0908. The molecule has 30 heavy (non-hydrogen) atoms. The molecule has 0 saturated carbocycles. The number of benzene rings is 2.